The Hall–Kier alpha value is -3.46. The average molecular weight is 496 g/mol. The molecule has 35 heavy (non-hydrogen) atoms. The third-order valence-corrected chi connectivity index (χ3v) is 5.71. The number of hydrazine groups is 1. The van der Waals surface area contributed by atoms with Gasteiger partial charge in [-0.1, -0.05) is 12.6 Å². The Morgan fingerprint density at radius 2 is 1.89 bits per heavy atom. The highest BCUT2D eigenvalue weighted by Gasteiger charge is 2.36. The normalized spacial score (nSPS) is 15.6. The van der Waals surface area contributed by atoms with Gasteiger partial charge in [0.15, 0.2) is 5.82 Å². The second-order valence-electron chi connectivity index (χ2n) is 8.18. The molecule has 1 aliphatic carbocycles. The lowest BCUT2D eigenvalue weighted by atomic mass is 9.89. The fraction of sp³-hybridized carbons (Fsp3) is 0.435. The Labute approximate surface area is 199 Å². The van der Waals surface area contributed by atoms with Crippen LogP contribution in [0.1, 0.15) is 50.4 Å². The summed E-state index contributed by atoms with van der Waals surface area (Å²) in [4.78, 5) is 10.3. The molecule has 12 heteroatoms. The molecule has 2 unspecified atom stereocenters. The van der Waals surface area contributed by atoms with Crippen molar-refractivity contribution in [1.29, 1.82) is 5.26 Å². The topological polar surface area (TPSA) is 86.1 Å². The maximum Gasteiger partial charge on any atom is 0.405 e. The Bertz CT molecular complexity index is 1070. The van der Waals surface area contributed by atoms with E-state index in [1.807, 2.05) is 4.90 Å². The van der Waals surface area contributed by atoms with E-state index >= 15 is 0 Å². The molecule has 1 aliphatic rings. The SMILES string of the molecule is C=C(c1ncc(NNC(C)C(F)(F)F)cn1)N(c1cc(OC(F)F)ccc1C(C)C#N)C1CCC1. The number of ether oxygens (including phenoxy) is 1. The number of aromatic nitrogens is 2. The van der Waals surface area contributed by atoms with Crippen LogP contribution < -0.4 is 20.5 Å². The molecule has 2 aromatic rings. The second-order valence-corrected chi connectivity index (χ2v) is 8.18. The van der Waals surface area contributed by atoms with Gasteiger partial charge in [-0.05, 0) is 44.7 Å². The number of anilines is 2. The summed E-state index contributed by atoms with van der Waals surface area (Å²) in [6.07, 6.45) is 0.746. The summed E-state index contributed by atoms with van der Waals surface area (Å²) in [7, 11) is 0. The van der Waals surface area contributed by atoms with Crippen molar-refractivity contribution in [2.45, 2.75) is 63.9 Å². The van der Waals surface area contributed by atoms with E-state index in [0.717, 1.165) is 26.2 Å². The van der Waals surface area contributed by atoms with Crippen LogP contribution in [0.15, 0.2) is 37.2 Å². The lowest BCUT2D eigenvalue weighted by Gasteiger charge is -2.41. The summed E-state index contributed by atoms with van der Waals surface area (Å²) >= 11 is 0. The van der Waals surface area contributed by atoms with Crippen molar-refractivity contribution in [2.24, 2.45) is 0 Å². The van der Waals surface area contributed by atoms with Crippen molar-refractivity contribution in [3.8, 4) is 11.8 Å². The molecule has 0 aliphatic heterocycles. The van der Waals surface area contributed by atoms with Gasteiger partial charge in [0.2, 0.25) is 0 Å². The standard InChI is InChI=1S/C23H25F5N6O/c1-13(10-29)19-8-7-18(35-22(24)25)9-20(19)34(17-5-4-6-17)14(2)21-30-11-16(12-31-21)33-32-15(3)23(26,27)28/h7-9,11-13,15,17,22,32-33H,2,4-6H2,1,3H3. The molecule has 188 valence electrons. The third-order valence-electron chi connectivity index (χ3n) is 5.71. The molecule has 1 saturated carbocycles. The first kappa shape index (κ1) is 26.2. The predicted molar refractivity (Wildman–Crippen MR) is 121 cm³/mol. The fourth-order valence-electron chi connectivity index (χ4n) is 3.47. The Balaban J connectivity index is 1.90. The minimum absolute atomic E-state index is 0.0235. The molecular weight excluding hydrogens is 471 g/mol. The van der Waals surface area contributed by atoms with Crippen LogP contribution in [0.3, 0.4) is 0 Å². The zero-order chi connectivity index (χ0) is 25.8. The van der Waals surface area contributed by atoms with Crippen LogP contribution in [0.2, 0.25) is 0 Å². The monoisotopic (exact) mass is 496 g/mol. The van der Waals surface area contributed by atoms with E-state index < -0.39 is 24.7 Å². The molecule has 0 radical (unpaired) electrons. The summed E-state index contributed by atoms with van der Waals surface area (Å²) < 4.78 is 68.3. The number of nitrogens with zero attached hydrogens (tertiary/aromatic N) is 4. The number of benzene rings is 1. The Morgan fingerprint density at radius 3 is 2.40 bits per heavy atom. The van der Waals surface area contributed by atoms with Gasteiger partial charge in [0.05, 0.1) is 35.8 Å². The Kier molecular flexibility index (Phi) is 8.11. The first-order valence-electron chi connectivity index (χ1n) is 10.9. The van der Waals surface area contributed by atoms with Gasteiger partial charge in [0.1, 0.15) is 11.8 Å². The summed E-state index contributed by atoms with van der Waals surface area (Å²) in [6, 6.07) is 4.73. The summed E-state index contributed by atoms with van der Waals surface area (Å²) in [6.45, 7) is 3.75. The van der Waals surface area contributed by atoms with Crippen LogP contribution >= 0.6 is 0 Å². The summed E-state index contributed by atoms with van der Waals surface area (Å²) in [5, 5.41) is 9.49. The largest absolute Gasteiger partial charge is 0.435 e. The number of hydrogen-bond acceptors (Lipinski definition) is 7. The summed E-state index contributed by atoms with van der Waals surface area (Å²) in [5.74, 6) is -0.413. The molecule has 3 rings (SSSR count). The van der Waals surface area contributed by atoms with Gasteiger partial charge in [-0.2, -0.15) is 27.2 Å². The highest BCUT2D eigenvalue weighted by atomic mass is 19.4. The fourth-order valence-corrected chi connectivity index (χ4v) is 3.47. The van der Waals surface area contributed by atoms with Crippen molar-refractivity contribution < 1.29 is 26.7 Å². The molecule has 1 heterocycles. The van der Waals surface area contributed by atoms with Crippen LogP contribution in [-0.2, 0) is 0 Å². The first-order valence-corrected chi connectivity index (χ1v) is 10.9. The first-order chi connectivity index (χ1) is 16.5. The zero-order valence-electron chi connectivity index (χ0n) is 19.1. The maximum absolute atomic E-state index is 12.9. The van der Waals surface area contributed by atoms with Crippen molar-refractivity contribution in [2.75, 3.05) is 10.3 Å². The Morgan fingerprint density at radius 1 is 1.23 bits per heavy atom. The predicted octanol–water partition coefficient (Wildman–Crippen LogP) is 5.60. The van der Waals surface area contributed by atoms with Crippen LogP contribution in [0.4, 0.5) is 33.3 Å². The van der Waals surface area contributed by atoms with Gasteiger partial charge < -0.3 is 15.1 Å². The third kappa shape index (κ3) is 6.36. The van der Waals surface area contributed by atoms with Crippen LogP contribution in [-0.4, -0.2) is 34.8 Å². The quantitative estimate of drug-likeness (QED) is 0.327. The number of rotatable bonds is 10. The van der Waals surface area contributed by atoms with Crippen molar-refractivity contribution >= 4 is 17.1 Å². The van der Waals surface area contributed by atoms with E-state index in [1.54, 1.807) is 13.0 Å². The van der Waals surface area contributed by atoms with Crippen LogP contribution in [0.25, 0.3) is 5.70 Å². The molecule has 0 spiro atoms. The second kappa shape index (κ2) is 10.9. The van der Waals surface area contributed by atoms with Crippen molar-refractivity contribution in [3.63, 3.8) is 0 Å². The highest BCUT2D eigenvalue weighted by Crippen LogP contribution is 2.40. The number of halogens is 5. The molecule has 0 bridgehead atoms. The number of nitrogens with one attached hydrogen (secondary N) is 2. The molecule has 0 amide bonds. The molecule has 1 aromatic heterocycles. The number of alkyl halides is 5. The molecule has 7 nitrogen and oxygen atoms in total. The molecule has 2 N–H and O–H groups in total. The van der Waals surface area contributed by atoms with Crippen molar-refractivity contribution in [3.05, 3.63) is 48.6 Å². The van der Waals surface area contributed by atoms with E-state index in [-0.39, 0.29) is 23.3 Å². The lowest BCUT2D eigenvalue weighted by molar-refractivity contribution is -0.150. The minimum Gasteiger partial charge on any atom is -0.435 e. The van der Waals surface area contributed by atoms with E-state index in [4.69, 9.17) is 0 Å². The van der Waals surface area contributed by atoms with Gasteiger partial charge >= 0.3 is 12.8 Å². The molecular formula is C23H25F5N6O. The lowest BCUT2D eigenvalue weighted by Crippen LogP contribution is -2.42. The van der Waals surface area contributed by atoms with E-state index in [0.29, 0.717) is 16.9 Å². The highest BCUT2D eigenvalue weighted by molar-refractivity contribution is 5.79. The molecule has 1 aromatic carbocycles. The molecule has 2 atom stereocenters. The van der Waals surface area contributed by atoms with Gasteiger partial charge in [-0.3, -0.25) is 0 Å². The van der Waals surface area contributed by atoms with Gasteiger partial charge in [0, 0.05) is 17.8 Å². The number of nitriles is 1. The van der Waals surface area contributed by atoms with E-state index in [2.05, 4.69) is 38.2 Å². The van der Waals surface area contributed by atoms with E-state index in [9.17, 15) is 27.2 Å². The smallest absolute Gasteiger partial charge is 0.405 e. The van der Waals surface area contributed by atoms with E-state index in [1.165, 1.54) is 24.5 Å². The molecule has 1 fully saturated rings. The average Bonchev–Trinajstić information content (AvgIpc) is 2.78. The minimum atomic E-state index is -4.42. The van der Waals surface area contributed by atoms with Gasteiger partial charge in [0.25, 0.3) is 0 Å². The van der Waals surface area contributed by atoms with Gasteiger partial charge in [-0.15, -0.1) is 0 Å². The maximum atomic E-state index is 12.9. The van der Waals surface area contributed by atoms with Crippen LogP contribution in [0.5, 0.6) is 5.75 Å². The zero-order valence-corrected chi connectivity index (χ0v) is 19.1. The van der Waals surface area contributed by atoms with Crippen LogP contribution in [0, 0.1) is 11.3 Å². The van der Waals surface area contributed by atoms with Gasteiger partial charge in [-0.25, -0.2) is 15.4 Å². The van der Waals surface area contributed by atoms with Crippen molar-refractivity contribution in [1.82, 2.24) is 15.4 Å². The number of hydrogen-bond donors (Lipinski definition) is 2. The molecule has 0 saturated heterocycles. The summed E-state index contributed by atoms with van der Waals surface area (Å²) in [5.41, 5.74) is 6.20.